The Labute approximate surface area is 145 Å². The predicted molar refractivity (Wildman–Crippen MR) is 95.0 cm³/mol. The first-order chi connectivity index (χ1) is 12.3. The molecule has 0 aliphatic rings. The van der Waals surface area contributed by atoms with Crippen LogP contribution in [0.5, 0.6) is 5.75 Å². The van der Waals surface area contributed by atoms with E-state index >= 15 is 0 Å². The summed E-state index contributed by atoms with van der Waals surface area (Å²) in [6, 6.07) is 14.5. The molecule has 1 aromatic carbocycles. The molecule has 0 aliphatic carbocycles. The molecule has 2 heterocycles. The van der Waals surface area contributed by atoms with E-state index in [0.717, 1.165) is 11.4 Å². The number of aromatic nitrogens is 1. The Balaban J connectivity index is 1.70. The van der Waals surface area contributed by atoms with E-state index in [-0.39, 0.29) is 5.91 Å². The van der Waals surface area contributed by atoms with Crippen LogP contribution in [0.2, 0.25) is 0 Å². The quantitative estimate of drug-likeness (QED) is 0.687. The Morgan fingerprint density at radius 1 is 1.16 bits per heavy atom. The van der Waals surface area contributed by atoms with Crippen molar-refractivity contribution < 1.29 is 13.9 Å². The average molecular weight is 337 g/mol. The van der Waals surface area contributed by atoms with Gasteiger partial charge < -0.3 is 19.8 Å². The van der Waals surface area contributed by atoms with Gasteiger partial charge in [-0.25, -0.2) is 4.98 Å². The van der Waals surface area contributed by atoms with E-state index in [2.05, 4.69) is 15.6 Å². The van der Waals surface area contributed by atoms with Crippen molar-refractivity contribution in [2.75, 3.05) is 11.9 Å². The maximum Gasteiger partial charge on any atom is 0.255 e. The zero-order chi connectivity index (χ0) is 17.5. The molecule has 3 rings (SSSR count). The van der Waals surface area contributed by atoms with Crippen LogP contribution in [0.3, 0.4) is 0 Å². The number of anilines is 2. The van der Waals surface area contributed by atoms with Crippen LogP contribution in [0.25, 0.3) is 0 Å². The van der Waals surface area contributed by atoms with E-state index in [0.29, 0.717) is 30.3 Å². The fourth-order valence-corrected chi connectivity index (χ4v) is 2.30. The molecule has 0 unspecified atom stereocenters. The first-order valence-electron chi connectivity index (χ1n) is 8.01. The number of nitrogens with one attached hydrogen (secondary N) is 2. The largest absolute Gasteiger partial charge is 0.494 e. The number of rotatable bonds is 7. The van der Waals surface area contributed by atoms with Crippen LogP contribution in [0, 0.1) is 0 Å². The van der Waals surface area contributed by atoms with Gasteiger partial charge in [0.25, 0.3) is 5.91 Å². The molecule has 0 saturated carbocycles. The van der Waals surface area contributed by atoms with Crippen molar-refractivity contribution in [2.24, 2.45) is 0 Å². The molecule has 0 atom stereocenters. The van der Waals surface area contributed by atoms with Crippen LogP contribution in [-0.4, -0.2) is 17.5 Å². The highest BCUT2D eigenvalue weighted by atomic mass is 16.5. The smallest absolute Gasteiger partial charge is 0.255 e. The first-order valence-corrected chi connectivity index (χ1v) is 8.01. The maximum absolute atomic E-state index is 12.4. The summed E-state index contributed by atoms with van der Waals surface area (Å²) in [5.41, 5.74) is 1.28. The van der Waals surface area contributed by atoms with Crippen molar-refractivity contribution in [3.05, 3.63) is 72.3 Å². The third-order valence-corrected chi connectivity index (χ3v) is 3.48. The average Bonchev–Trinajstić information content (AvgIpc) is 3.16. The van der Waals surface area contributed by atoms with Crippen molar-refractivity contribution >= 4 is 17.4 Å². The normalized spacial score (nSPS) is 10.3. The molecule has 6 nitrogen and oxygen atoms in total. The van der Waals surface area contributed by atoms with Crippen molar-refractivity contribution in [1.29, 1.82) is 0 Å². The lowest BCUT2D eigenvalue weighted by molar-refractivity contribution is 0.0948. The van der Waals surface area contributed by atoms with E-state index in [4.69, 9.17) is 9.15 Å². The van der Waals surface area contributed by atoms with Crippen molar-refractivity contribution in [3.63, 3.8) is 0 Å². The molecule has 0 spiro atoms. The van der Waals surface area contributed by atoms with Crippen LogP contribution in [0.1, 0.15) is 23.0 Å². The van der Waals surface area contributed by atoms with Gasteiger partial charge in [0, 0.05) is 11.9 Å². The monoisotopic (exact) mass is 337 g/mol. The maximum atomic E-state index is 12.4. The Hall–Kier alpha value is -3.28. The van der Waals surface area contributed by atoms with Gasteiger partial charge in [-0.15, -0.1) is 0 Å². The summed E-state index contributed by atoms with van der Waals surface area (Å²) >= 11 is 0. The summed E-state index contributed by atoms with van der Waals surface area (Å²) in [5, 5.41) is 5.99. The summed E-state index contributed by atoms with van der Waals surface area (Å²) in [6.45, 7) is 2.88. The topological polar surface area (TPSA) is 76.4 Å². The third-order valence-electron chi connectivity index (χ3n) is 3.48. The number of carbonyl (C=O) groups excluding carboxylic acids is 1. The number of ether oxygens (including phenoxy) is 1. The van der Waals surface area contributed by atoms with Crippen LogP contribution in [0.4, 0.5) is 11.5 Å². The van der Waals surface area contributed by atoms with Crippen molar-refractivity contribution in [1.82, 2.24) is 10.3 Å². The molecule has 0 bridgehead atoms. The minimum absolute atomic E-state index is 0.224. The van der Waals surface area contributed by atoms with Gasteiger partial charge >= 0.3 is 0 Å². The zero-order valence-corrected chi connectivity index (χ0v) is 13.9. The van der Waals surface area contributed by atoms with Crippen molar-refractivity contribution in [2.45, 2.75) is 13.5 Å². The number of nitrogens with zero attached hydrogens (tertiary/aromatic N) is 1. The van der Waals surface area contributed by atoms with E-state index in [1.807, 2.05) is 37.3 Å². The van der Waals surface area contributed by atoms with Crippen LogP contribution < -0.4 is 15.4 Å². The second-order valence-electron chi connectivity index (χ2n) is 5.24. The molecule has 0 fully saturated rings. The summed E-state index contributed by atoms with van der Waals surface area (Å²) in [6.07, 6.45) is 3.21. The molecule has 3 aromatic rings. The van der Waals surface area contributed by atoms with Gasteiger partial charge in [0.2, 0.25) is 0 Å². The van der Waals surface area contributed by atoms with Gasteiger partial charge in [-0.1, -0.05) is 0 Å². The SMILES string of the molecule is CCOc1ccc(Nc2ncccc2C(=O)NCc2ccco2)cc1. The Morgan fingerprint density at radius 3 is 2.72 bits per heavy atom. The molecular weight excluding hydrogens is 318 g/mol. The zero-order valence-electron chi connectivity index (χ0n) is 13.9. The van der Waals surface area contributed by atoms with E-state index in [1.165, 1.54) is 0 Å². The van der Waals surface area contributed by atoms with E-state index < -0.39 is 0 Å². The molecule has 128 valence electrons. The number of pyridine rings is 1. The molecule has 2 aromatic heterocycles. The second-order valence-corrected chi connectivity index (χ2v) is 5.24. The lowest BCUT2D eigenvalue weighted by Crippen LogP contribution is -2.23. The molecule has 25 heavy (non-hydrogen) atoms. The highest BCUT2D eigenvalue weighted by Crippen LogP contribution is 2.21. The van der Waals surface area contributed by atoms with Gasteiger partial charge in [-0.05, 0) is 55.5 Å². The fraction of sp³-hybridized carbons (Fsp3) is 0.158. The van der Waals surface area contributed by atoms with Gasteiger partial charge in [0.05, 0.1) is 25.0 Å². The number of benzene rings is 1. The summed E-state index contributed by atoms with van der Waals surface area (Å²) in [7, 11) is 0. The predicted octanol–water partition coefficient (Wildman–Crippen LogP) is 3.75. The molecular formula is C19H19N3O3. The van der Waals surface area contributed by atoms with E-state index in [9.17, 15) is 4.79 Å². The van der Waals surface area contributed by atoms with Gasteiger partial charge in [0.15, 0.2) is 0 Å². The summed E-state index contributed by atoms with van der Waals surface area (Å²) in [4.78, 5) is 16.7. The fourth-order valence-electron chi connectivity index (χ4n) is 2.30. The molecule has 1 amide bonds. The lowest BCUT2D eigenvalue weighted by Gasteiger charge is -2.11. The minimum Gasteiger partial charge on any atom is -0.494 e. The highest BCUT2D eigenvalue weighted by Gasteiger charge is 2.12. The summed E-state index contributed by atoms with van der Waals surface area (Å²) < 4.78 is 10.6. The molecule has 2 N–H and O–H groups in total. The van der Waals surface area contributed by atoms with Crippen LogP contribution >= 0.6 is 0 Å². The lowest BCUT2D eigenvalue weighted by atomic mass is 10.2. The Bertz CT molecular complexity index is 814. The number of amides is 1. The van der Waals surface area contributed by atoms with Crippen molar-refractivity contribution in [3.8, 4) is 5.75 Å². The molecule has 0 radical (unpaired) electrons. The van der Waals surface area contributed by atoms with Crippen LogP contribution in [-0.2, 0) is 6.54 Å². The Kier molecular flexibility index (Phi) is 5.31. The Morgan fingerprint density at radius 2 is 2.00 bits per heavy atom. The highest BCUT2D eigenvalue weighted by molar-refractivity contribution is 5.99. The summed E-state index contributed by atoms with van der Waals surface area (Å²) in [5.74, 6) is 1.75. The molecule has 0 saturated heterocycles. The van der Waals surface area contributed by atoms with Crippen LogP contribution in [0.15, 0.2) is 65.4 Å². The van der Waals surface area contributed by atoms with Gasteiger partial charge in [0.1, 0.15) is 17.3 Å². The van der Waals surface area contributed by atoms with E-state index in [1.54, 1.807) is 30.7 Å². The first kappa shape index (κ1) is 16.6. The standard InChI is InChI=1S/C19H19N3O3/c1-2-24-15-9-7-14(8-10-15)22-18-17(6-3-11-20-18)19(23)21-13-16-5-4-12-25-16/h3-12H,2,13H2,1H3,(H,20,22)(H,21,23). The van der Waals surface area contributed by atoms with Gasteiger partial charge in [-0.3, -0.25) is 4.79 Å². The third kappa shape index (κ3) is 4.38. The number of hydrogen-bond acceptors (Lipinski definition) is 5. The molecule has 6 heteroatoms. The minimum atomic E-state index is -0.224. The van der Waals surface area contributed by atoms with Gasteiger partial charge in [-0.2, -0.15) is 0 Å². The number of hydrogen-bond donors (Lipinski definition) is 2. The molecule has 0 aliphatic heterocycles. The number of furan rings is 1. The number of carbonyl (C=O) groups is 1. The second kappa shape index (κ2) is 8.01.